The summed E-state index contributed by atoms with van der Waals surface area (Å²) in [5.41, 5.74) is 2.16. The molecule has 3 heteroatoms. The molecule has 3 nitrogen and oxygen atoms in total. The van der Waals surface area contributed by atoms with Crippen LogP contribution < -0.4 is 11.3 Å². The van der Waals surface area contributed by atoms with Crippen LogP contribution in [0.15, 0.2) is 0 Å². The van der Waals surface area contributed by atoms with Gasteiger partial charge in [0, 0.05) is 0 Å². The van der Waals surface area contributed by atoms with E-state index in [1.54, 1.807) is 6.07 Å². The van der Waals surface area contributed by atoms with Crippen molar-refractivity contribution < 1.29 is 0 Å². The van der Waals surface area contributed by atoms with Crippen LogP contribution in [0.3, 0.4) is 0 Å². The monoisotopic (exact) mass is 71.0 g/mol. The molecule has 0 aromatic carbocycles. The van der Waals surface area contributed by atoms with E-state index in [4.69, 9.17) is 5.26 Å². The van der Waals surface area contributed by atoms with Crippen LogP contribution in [0.1, 0.15) is 0 Å². The first kappa shape index (κ1) is 4.41. The molecule has 0 rings (SSSR count). The number of nitriles is 1. The van der Waals surface area contributed by atoms with Crippen LogP contribution in [0.25, 0.3) is 0 Å². The van der Waals surface area contributed by atoms with Crippen molar-refractivity contribution in [2.75, 3.05) is 6.54 Å². The van der Waals surface area contributed by atoms with Gasteiger partial charge in [0.15, 0.2) is 0 Å². The van der Waals surface area contributed by atoms with Crippen molar-refractivity contribution in [3.63, 3.8) is 0 Å². The fraction of sp³-hybridized carbons (Fsp3) is 0.500. The number of hydrogen-bond donors (Lipinski definition) is 2. The maximum absolute atomic E-state index is 7.67. The van der Waals surface area contributed by atoms with Gasteiger partial charge in [0.2, 0.25) is 0 Å². The number of hydrazine groups is 1. The van der Waals surface area contributed by atoms with E-state index in [2.05, 4.69) is 11.3 Å². The molecule has 0 heterocycles. The lowest BCUT2D eigenvalue weighted by Crippen LogP contribution is -2.21. The van der Waals surface area contributed by atoms with E-state index in [0.717, 1.165) is 0 Å². The molecular weight excluding hydrogens is 66.0 g/mol. The summed E-state index contributed by atoms with van der Waals surface area (Å²) in [7, 11) is 0. The summed E-state index contributed by atoms with van der Waals surface area (Å²) in [6.45, 7) is 0.222. The Morgan fingerprint density at radius 3 is 2.60 bits per heavy atom. The molecule has 0 amide bonds. The molecule has 0 radical (unpaired) electrons. The Morgan fingerprint density at radius 2 is 2.60 bits per heavy atom. The van der Waals surface area contributed by atoms with Crippen LogP contribution >= 0.6 is 0 Å². The molecule has 0 saturated heterocycles. The van der Waals surface area contributed by atoms with Gasteiger partial charge in [-0.05, 0) is 0 Å². The van der Waals surface area contributed by atoms with Gasteiger partial charge in [0.25, 0.3) is 0 Å². The van der Waals surface area contributed by atoms with Gasteiger partial charge in [0.1, 0.15) is 0 Å². The summed E-state index contributed by atoms with van der Waals surface area (Å²) < 4.78 is 0. The van der Waals surface area contributed by atoms with E-state index < -0.39 is 0 Å². The van der Waals surface area contributed by atoms with Crippen LogP contribution in [0, 0.1) is 11.3 Å². The summed E-state index contributed by atoms with van der Waals surface area (Å²) >= 11 is 0. The van der Waals surface area contributed by atoms with Crippen molar-refractivity contribution in [2.24, 2.45) is 5.84 Å². The van der Waals surface area contributed by atoms with E-state index in [1.807, 2.05) is 0 Å². The van der Waals surface area contributed by atoms with Crippen molar-refractivity contribution in [3.05, 3.63) is 0 Å². The Hall–Kier alpha value is -0.590. The van der Waals surface area contributed by atoms with Crippen LogP contribution in [0.4, 0.5) is 0 Å². The lowest BCUT2D eigenvalue weighted by molar-refractivity contribution is 0.830. The highest BCUT2D eigenvalue weighted by atomic mass is 15.2. The summed E-state index contributed by atoms with van der Waals surface area (Å²) in [6, 6.07) is 1.78. The van der Waals surface area contributed by atoms with Gasteiger partial charge in [-0.2, -0.15) is 5.26 Å². The Labute approximate surface area is 30.4 Å². The van der Waals surface area contributed by atoms with E-state index in [-0.39, 0.29) is 6.54 Å². The minimum atomic E-state index is 0.222. The Kier molecular flexibility index (Phi) is 3.01. The standard InChI is InChI=1S/C2H5N3/c3-1-2-5-4/h5H,2,4H2. The lowest BCUT2D eigenvalue weighted by atomic mass is 10.8. The minimum absolute atomic E-state index is 0.222. The fourth-order valence-corrected chi connectivity index (χ4v) is 0.0456. The van der Waals surface area contributed by atoms with Crippen LogP contribution in [-0.2, 0) is 0 Å². The molecule has 0 fully saturated rings. The Morgan fingerprint density at radius 1 is 2.00 bits per heavy atom. The van der Waals surface area contributed by atoms with E-state index in [9.17, 15) is 0 Å². The molecule has 0 aromatic rings. The van der Waals surface area contributed by atoms with Gasteiger partial charge in [0.05, 0.1) is 12.6 Å². The van der Waals surface area contributed by atoms with Crippen LogP contribution in [-0.4, -0.2) is 6.54 Å². The first-order valence-electron chi connectivity index (χ1n) is 1.22. The number of nitrogens with two attached hydrogens (primary N) is 1. The maximum atomic E-state index is 7.67. The van der Waals surface area contributed by atoms with Gasteiger partial charge in [-0.25, -0.2) is 5.43 Å². The van der Waals surface area contributed by atoms with E-state index in [1.165, 1.54) is 0 Å². The Bertz CT molecular complexity index is 43.3. The van der Waals surface area contributed by atoms with Crippen molar-refractivity contribution in [2.45, 2.75) is 0 Å². The van der Waals surface area contributed by atoms with Gasteiger partial charge in [-0.15, -0.1) is 0 Å². The third-order valence-electron chi connectivity index (χ3n) is 0.181. The second-order valence-corrected chi connectivity index (χ2v) is 0.539. The smallest absolute Gasteiger partial charge is 0.0969 e. The predicted molar refractivity (Wildman–Crippen MR) is 17.8 cm³/mol. The molecule has 0 bridgehead atoms. The molecule has 0 atom stereocenters. The zero-order chi connectivity index (χ0) is 4.12. The van der Waals surface area contributed by atoms with Crippen molar-refractivity contribution in [1.29, 1.82) is 5.26 Å². The van der Waals surface area contributed by atoms with Crippen molar-refractivity contribution in [3.8, 4) is 6.07 Å². The third-order valence-corrected chi connectivity index (χ3v) is 0.181. The summed E-state index contributed by atoms with van der Waals surface area (Å²) in [5.74, 6) is 4.67. The van der Waals surface area contributed by atoms with Crippen molar-refractivity contribution in [1.82, 2.24) is 5.43 Å². The molecule has 5 heavy (non-hydrogen) atoms. The first-order valence-corrected chi connectivity index (χ1v) is 1.22. The number of rotatable bonds is 1. The molecule has 0 unspecified atom stereocenters. The van der Waals surface area contributed by atoms with E-state index >= 15 is 0 Å². The van der Waals surface area contributed by atoms with Gasteiger partial charge >= 0.3 is 0 Å². The minimum Gasteiger partial charge on any atom is -0.270 e. The molecule has 0 spiro atoms. The van der Waals surface area contributed by atoms with Gasteiger partial charge in [-0.1, -0.05) is 0 Å². The molecule has 0 aliphatic rings. The molecule has 0 saturated carbocycles. The highest BCUT2D eigenvalue weighted by molar-refractivity contribution is 4.69. The molecule has 0 aromatic heterocycles. The summed E-state index contributed by atoms with van der Waals surface area (Å²) in [6.07, 6.45) is 0. The summed E-state index contributed by atoms with van der Waals surface area (Å²) in [5, 5.41) is 7.67. The quantitative estimate of drug-likeness (QED) is 0.236. The topological polar surface area (TPSA) is 61.8 Å². The zero-order valence-electron chi connectivity index (χ0n) is 2.73. The highest BCUT2D eigenvalue weighted by Crippen LogP contribution is 1.34. The SMILES string of the molecule is N#CCNN. The molecule has 3 N–H and O–H groups in total. The van der Waals surface area contributed by atoms with Crippen LogP contribution in [0.5, 0.6) is 0 Å². The number of hydrogen-bond acceptors (Lipinski definition) is 3. The lowest BCUT2D eigenvalue weighted by Gasteiger charge is -1.74. The highest BCUT2D eigenvalue weighted by Gasteiger charge is 1.60. The van der Waals surface area contributed by atoms with E-state index in [0.29, 0.717) is 0 Å². The van der Waals surface area contributed by atoms with Crippen molar-refractivity contribution >= 4 is 0 Å². The predicted octanol–water partition coefficient (Wildman–Crippen LogP) is -1.03. The van der Waals surface area contributed by atoms with Crippen LogP contribution in [0.2, 0.25) is 0 Å². The third kappa shape index (κ3) is 3.41. The first-order chi connectivity index (χ1) is 2.41. The molecule has 28 valence electrons. The summed E-state index contributed by atoms with van der Waals surface area (Å²) in [4.78, 5) is 0. The number of nitrogens with zero attached hydrogens (tertiary/aromatic N) is 1. The molecular formula is C2H5N3. The average Bonchev–Trinajstić information content (AvgIpc) is 1.41. The average molecular weight is 71.1 g/mol. The van der Waals surface area contributed by atoms with Gasteiger partial charge < -0.3 is 0 Å². The van der Waals surface area contributed by atoms with Gasteiger partial charge in [-0.3, -0.25) is 5.84 Å². The second-order valence-electron chi connectivity index (χ2n) is 0.539. The normalized spacial score (nSPS) is 6.40. The fourth-order valence-electron chi connectivity index (χ4n) is 0.0456. The molecule has 0 aliphatic heterocycles. The number of nitrogens with one attached hydrogen (secondary N) is 1. The largest absolute Gasteiger partial charge is 0.270 e. The Balaban J connectivity index is 2.48. The zero-order valence-corrected chi connectivity index (χ0v) is 2.73. The molecule has 0 aliphatic carbocycles. The maximum Gasteiger partial charge on any atom is 0.0969 e. The second kappa shape index (κ2) is 3.41.